The van der Waals surface area contributed by atoms with E-state index < -0.39 is 6.43 Å². The summed E-state index contributed by atoms with van der Waals surface area (Å²) < 4.78 is 27.4. The quantitative estimate of drug-likeness (QED) is 0.632. The molecular weight excluding hydrogens is 341 g/mol. The minimum Gasteiger partial charge on any atom is -0.205 e. The molecule has 0 saturated heterocycles. The van der Waals surface area contributed by atoms with Crippen LogP contribution in [0, 0.1) is 3.57 Å². The predicted octanol–water partition coefficient (Wildman–Crippen LogP) is 5.10. The number of hydrogen-bond donors (Lipinski definition) is 0. The summed E-state index contributed by atoms with van der Waals surface area (Å²) in [6.07, 6.45) is -2.45. The Labute approximate surface area is 102 Å². The maximum absolute atomic E-state index is 12.7. The van der Waals surface area contributed by atoms with Crippen LogP contribution in [0.25, 0.3) is 10.1 Å². The molecule has 0 aliphatic heterocycles. The summed E-state index contributed by atoms with van der Waals surface area (Å²) in [5.41, 5.74) is 0.0891. The molecule has 1 aromatic carbocycles. The van der Waals surface area contributed by atoms with E-state index in [4.69, 9.17) is 11.6 Å². The molecule has 0 aliphatic carbocycles. The average molecular weight is 345 g/mol. The van der Waals surface area contributed by atoms with E-state index in [1.807, 2.05) is 28.7 Å². The van der Waals surface area contributed by atoms with Gasteiger partial charge >= 0.3 is 0 Å². The molecule has 0 unspecified atom stereocenters. The summed E-state index contributed by atoms with van der Waals surface area (Å²) in [6.45, 7) is 0. The highest BCUT2D eigenvalue weighted by atomic mass is 127. The standard InChI is InChI=1S/C9H4ClF2IS/c10-7-3-4-6(14-7)2-1-5(13)8(4)9(11)12/h1-3,9H. The highest BCUT2D eigenvalue weighted by Crippen LogP contribution is 2.37. The topological polar surface area (TPSA) is 0 Å². The van der Waals surface area contributed by atoms with Gasteiger partial charge in [0, 0.05) is 19.2 Å². The largest absolute Gasteiger partial charge is 0.265 e. The van der Waals surface area contributed by atoms with Crippen LogP contribution in [0.15, 0.2) is 18.2 Å². The fourth-order valence-electron chi connectivity index (χ4n) is 1.30. The van der Waals surface area contributed by atoms with Crippen LogP contribution in [-0.4, -0.2) is 0 Å². The SMILES string of the molecule is FC(F)c1c(I)ccc2sc(Cl)cc12. The number of halogens is 4. The second-order valence-corrected chi connectivity index (χ2v) is 5.60. The van der Waals surface area contributed by atoms with Crippen LogP contribution in [0.3, 0.4) is 0 Å². The molecule has 0 atom stereocenters. The third-order valence-corrected chi connectivity index (χ3v) is 4.05. The van der Waals surface area contributed by atoms with Gasteiger partial charge in [0.25, 0.3) is 6.43 Å². The Morgan fingerprint density at radius 1 is 1.36 bits per heavy atom. The Hall–Kier alpha value is 0.0600. The normalized spacial score (nSPS) is 11.5. The van der Waals surface area contributed by atoms with Gasteiger partial charge in [0.05, 0.1) is 4.34 Å². The first-order valence-electron chi connectivity index (χ1n) is 3.75. The Morgan fingerprint density at radius 3 is 2.71 bits per heavy atom. The van der Waals surface area contributed by atoms with Gasteiger partial charge in [0.2, 0.25) is 0 Å². The summed E-state index contributed by atoms with van der Waals surface area (Å²) in [4.78, 5) is 0. The van der Waals surface area contributed by atoms with E-state index in [0.29, 0.717) is 13.3 Å². The van der Waals surface area contributed by atoms with E-state index in [0.717, 1.165) is 4.70 Å². The van der Waals surface area contributed by atoms with E-state index in [1.165, 1.54) is 11.3 Å². The predicted molar refractivity (Wildman–Crippen MR) is 64.5 cm³/mol. The number of alkyl halides is 2. The Kier molecular flexibility index (Phi) is 2.95. The summed E-state index contributed by atoms with van der Waals surface area (Å²) >= 11 is 9.02. The monoisotopic (exact) mass is 344 g/mol. The van der Waals surface area contributed by atoms with Crippen molar-refractivity contribution in [1.29, 1.82) is 0 Å². The molecule has 0 bridgehead atoms. The minimum absolute atomic E-state index is 0.0891. The van der Waals surface area contributed by atoms with Crippen molar-refractivity contribution < 1.29 is 8.78 Å². The zero-order valence-electron chi connectivity index (χ0n) is 6.73. The van der Waals surface area contributed by atoms with Crippen molar-refractivity contribution in [3.63, 3.8) is 0 Å². The maximum Gasteiger partial charge on any atom is 0.265 e. The molecule has 0 aliphatic rings. The number of hydrogen-bond acceptors (Lipinski definition) is 1. The number of rotatable bonds is 1. The van der Waals surface area contributed by atoms with Crippen LogP contribution in [0.5, 0.6) is 0 Å². The van der Waals surface area contributed by atoms with E-state index >= 15 is 0 Å². The molecule has 0 fully saturated rings. The van der Waals surface area contributed by atoms with Gasteiger partial charge in [-0.15, -0.1) is 11.3 Å². The van der Waals surface area contributed by atoms with Gasteiger partial charge in [-0.2, -0.15) is 0 Å². The van der Waals surface area contributed by atoms with E-state index in [-0.39, 0.29) is 5.56 Å². The van der Waals surface area contributed by atoms with Gasteiger partial charge in [0.1, 0.15) is 0 Å². The van der Waals surface area contributed by atoms with Crippen LogP contribution < -0.4 is 0 Å². The summed E-state index contributed by atoms with van der Waals surface area (Å²) in [7, 11) is 0. The van der Waals surface area contributed by atoms with E-state index in [9.17, 15) is 8.78 Å². The minimum atomic E-state index is -2.45. The van der Waals surface area contributed by atoms with Crippen LogP contribution in [0.2, 0.25) is 4.34 Å². The Morgan fingerprint density at radius 2 is 2.07 bits per heavy atom. The van der Waals surface area contributed by atoms with Gasteiger partial charge in [-0.05, 0) is 40.8 Å². The highest BCUT2D eigenvalue weighted by molar-refractivity contribution is 14.1. The van der Waals surface area contributed by atoms with Crippen LogP contribution >= 0.6 is 45.5 Å². The summed E-state index contributed by atoms with van der Waals surface area (Å²) in [6, 6.07) is 5.11. The van der Waals surface area contributed by atoms with Gasteiger partial charge in [-0.1, -0.05) is 11.6 Å². The van der Waals surface area contributed by atoms with Crippen LogP contribution in [0.1, 0.15) is 12.0 Å². The number of fused-ring (bicyclic) bond motifs is 1. The molecule has 1 aromatic heterocycles. The van der Waals surface area contributed by atoms with Crippen LogP contribution in [-0.2, 0) is 0 Å². The summed E-state index contributed by atoms with van der Waals surface area (Å²) in [5, 5.41) is 0.571. The van der Waals surface area contributed by atoms with Gasteiger partial charge < -0.3 is 0 Å². The molecule has 0 N–H and O–H groups in total. The lowest BCUT2D eigenvalue weighted by atomic mass is 10.1. The van der Waals surface area contributed by atoms with Crippen molar-refractivity contribution in [3.8, 4) is 0 Å². The van der Waals surface area contributed by atoms with E-state index in [2.05, 4.69) is 0 Å². The van der Waals surface area contributed by atoms with Gasteiger partial charge in [-0.25, -0.2) is 8.78 Å². The van der Waals surface area contributed by atoms with Crippen LogP contribution in [0.4, 0.5) is 8.78 Å². The number of benzene rings is 1. The Balaban J connectivity index is 2.82. The molecule has 1 heterocycles. The fourth-order valence-corrected chi connectivity index (χ4v) is 3.16. The van der Waals surface area contributed by atoms with Crippen molar-refractivity contribution in [2.45, 2.75) is 6.43 Å². The lowest BCUT2D eigenvalue weighted by molar-refractivity contribution is 0.152. The first-order valence-corrected chi connectivity index (χ1v) is 6.02. The zero-order chi connectivity index (χ0) is 10.3. The third-order valence-electron chi connectivity index (χ3n) is 1.88. The second kappa shape index (κ2) is 3.90. The molecule has 0 amide bonds. The molecular formula is C9H4ClF2IS. The molecule has 0 saturated carbocycles. The molecule has 0 radical (unpaired) electrons. The van der Waals surface area contributed by atoms with E-state index in [1.54, 1.807) is 12.1 Å². The molecule has 74 valence electrons. The van der Waals surface area contributed by atoms with Crippen molar-refractivity contribution in [2.75, 3.05) is 0 Å². The Bertz CT molecular complexity index is 481. The second-order valence-electron chi connectivity index (χ2n) is 2.72. The van der Waals surface area contributed by atoms with Gasteiger partial charge in [-0.3, -0.25) is 0 Å². The van der Waals surface area contributed by atoms with Crippen molar-refractivity contribution in [3.05, 3.63) is 31.7 Å². The fraction of sp³-hybridized carbons (Fsp3) is 0.111. The molecule has 0 spiro atoms. The average Bonchev–Trinajstić information content (AvgIpc) is 2.43. The third kappa shape index (κ3) is 1.75. The van der Waals surface area contributed by atoms with Gasteiger partial charge in [0.15, 0.2) is 0 Å². The molecule has 0 nitrogen and oxygen atoms in total. The van der Waals surface area contributed by atoms with Crippen molar-refractivity contribution >= 4 is 55.6 Å². The zero-order valence-corrected chi connectivity index (χ0v) is 10.5. The smallest absolute Gasteiger partial charge is 0.205 e. The lowest BCUT2D eigenvalue weighted by Gasteiger charge is -2.04. The first kappa shape index (κ1) is 10.6. The highest BCUT2D eigenvalue weighted by Gasteiger charge is 2.16. The summed E-state index contributed by atoms with van der Waals surface area (Å²) in [5.74, 6) is 0. The maximum atomic E-state index is 12.7. The molecule has 2 aromatic rings. The molecule has 14 heavy (non-hydrogen) atoms. The molecule has 2 rings (SSSR count). The van der Waals surface area contributed by atoms with Crippen molar-refractivity contribution in [1.82, 2.24) is 0 Å². The lowest BCUT2D eigenvalue weighted by Crippen LogP contribution is -1.89. The molecule has 5 heteroatoms. The van der Waals surface area contributed by atoms with Crippen molar-refractivity contribution in [2.24, 2.45) is 0 Å². The number of thiophene rings is 1. The first-order chi connectivity index (χ1) is 6.59.